The van der Waals surface area contributed by atoms with Crippen molar-refractivity contribution in [2.75, 3.05) is 13.7 Å². The Balaban J connectivity index is 2.59. The van der Waals surface area contributed by atoms with Crippen molar-refractivity contribution in [3.8, 4) is 5.75 Å². The summed E-state index contributed by atoms with van der Waals surface area (Å²) in [4.78, 5) is 9.91. The molecule has 0 spiro atoms. The van der Waals surface area contributed by atoms with Gasteiger partial charge in [0.1, 0.15) is 0 Å². The number of benzene rings is 1. The Morgan fingerprint density at radius 1 is 1.62 bits per heavy atom. The number of rotatable bonds is 6. The summed E-state index contributed by atoms with van der Waals surface area (Å²) >= 11 is 5.00. The number of ether oxygens (including phenoxy) is 1. The molecule has 0 amide bonds. The van der Waals surface area contributed by atoms with Crippen LogP contribution in [0.4, 0.5) is 5.69 Å². The topological polar surface area (TPSA) is 112 Å². The van der Waals surface area contributed by atoms with Gasteiger partial charge in [0.15, 0.2) is 5.11 Å². The van der Waals surface area contributed by atoms with Crippen LogP contribution in [-0.4, -0.2) is 36.0 Å². The van der Waals surface area contributed by atoms with Crippen molar-refractivity contribution in [2.24, 2.45) is 5.10 Å². The summed E-state index contributed by atoms with van der Waals surface area (Å²) in [6.07, 6.45) is 1.33. The average Bonchev–Trinajstić information content (AvgIpc) is 2.40. The fourth-order valence-corrected chi connectivity index (χ4v) is 1.72. The van der Waals surface area contributed by atoms with Gasteiger partial charge in [-0.25, -0.2) is 0 Å². The molecule has 0 saturated carbocycles. The van der Waals surface area contributed by atoms with Gasteiger partial charge in [-0.3, -0.25) is 15.5 Å². The van der Waals surface area contributed by atoms with Gasteiger partial charge in [0, 0.05) is 24.8 Å². The quantitative estimate of drug-likeness (QED) is 0.340. The van der Waals surface area contributed by atoms with E-state index in [0.717, 1.165) is 12.1 Å². The molecule has 9 heteroatoms. The van der Waals surface area contributed by atoms with Crippen LogP contribution in [0.25, 0.3) is 0 Å². The van der Waals surface area contributed by atoms with Gasteiger partial charge in [-0.15, -0.1) is 0 Å². The summed E-state index contributed by atoms with van der Waals surface area (Å²) in [6, 6.07) is 3.73. The van der Waals surface area contributed by atoms with E-state index < -0.39 is 16.4 Å². The molecule has 0 radical (unpaired) electrons. The van der Waals surface area contributed by atoms with Crippen LogP contribution in [0, 0.1) is 10.1 Å². The minimum atomic E-state index is -0.730. The van der Waals surface area contributed by atoms with Crippen molar-refractivity contribution in [3.05, 3.63) is 33.9 Å². The first-order valence-corrected chi connectivity index (χ1v) is 6.38. The number of nitro groups is 1. The molecule has 1 aromatic carbocycles. The number of nitrogens with zero attached hydrogens (tertiary/aromatic N) is 2. The number of nitro benzene ring substituents is 1. The first kappa shape index (κ1) is 16.8. The van der Waals surface area contributed by atoms with Crippen LogP contribution in [0.1, 0.15) is 12.5 Å². The Bertz CT molecular complexity index is 550. The third-order valence-electron chi connectivity index (χ3n) is 2.35. The molecule has 2 N–H and O–H groups in total. The second-order valence-corrected chi connectivity index (χ2v) is 4.59. The fraction of sp³-hybridized carbons (Fsp3) is 0.333. The van der Waals surface area contributed by atoms with E-state index >= 15 is 0 Å². The van der Waals surface area contributed by atoms with Crippen LogP contribution < -0.4 is 15.8 Å². The summed E-state index contributed by atoms with van der Waals surface area (Å²) < 4.78 is 4.94. The van der Waals surface area contributed by atoms with Crippen molar-refractivity contribution >= 4 is 29.2 Å². The zero-order valence-corrected chi connectivity index (χ0v) is 12.3. The Kier molecular flexibility index (Phi) is 6.50. The molecule has 8 nitrogen and oxygen atoms in total. The molecule has 0 saturated heterocycles. The largest absolute Gasteiger partial charge is 0.868 e. The molecule has 0 aliphatic heterocycles. The summed E-state index contributed by atoms with van der Waals surface area (Å²) in [5.41, 5.74) is 2.50. The lowest BCUT2D eigenvalue weighted by molar-refractivity contribution is -0.398. The van der Waals surface area contributed by atoms with E-state index in [4.69, 9.17) is 17.0 Å². The van der Waals surface area contributed by atoms with Crippen LogP contribution in [0.2, 0.25) is 0 Å². The minimum Gasteiger partial charge on any atom is -0.868 e. The molecule has 0 fully saturated rings. The summed E-state index contributed by atoms with van der Waals surface area (Å²) in [6.45, 7) is 2.38. The molecule has 0 unspecified atom stereocenters. The monoisotopic (exact) mass is 311 g/mol. The number of thiocarbonyl (C=S) groups is 1. The molecule has 0 aliphatic carbocycles. The smallest absolute Gasteiger partial charge is 0.262 e. The van der Waals surface area contributed by atoms with Crippen LogP contribution >= 0.6 is 12.2 Å². The third-order valence-corrected chi connectivity index (χ3v) is 2.56. The highest BCUT2D eigenvalue weighted by atomic mass is 32.1. The van der Waals surface area contributed by atoms with E-state index in [0.29, 0.717) is 17.3 Å². The molecule has 0 aromatic heterocycles. The second kappa shape index (κ2) is 8.12. The number of nitrogens with one attached hydrogen (secondary N) is 2. The Labute approximate surface area is 127 Å². The van der Waals surface area contributed by atoms with Crippen molar-refractivity contribution in [2.45, 2.75) is 13.0 Å². The van der Waals surface area contributed by atoms with Crippen molar-refractivity contribution in [1.82, 2.24) is 10.7 Å². The van der Waals surface area contributed by atoms with E-state index in [2.05, 4.69) is 15.8 Å². The molecular weight excluding hydrogens is 296 g/mol. The normalized spacial score (nSPS) is 12.1. The first-order valence-electron chi connectivity index (χ1n) is 5.98. The fourth-order valence-electron chi connectivity index (χ4n) is 1.47. The zero-order valence-electron chi connectivity index (χ0n) is 11.5. The average molecular weight is 311 g/mol. The predicted molar refractivity (Wildman–Crippen MR) is 80.3 cm³/mol. The maximum atomic E-state index is 11.2. The van der Waals surface area contributed by atoms with Crippen molar-refractivity contribution < 1.29 is 14.8 Å². The van der Waals surface area contributed by atoms with Gasteiger partial charge in [0.25, 0.3) is 5.69 Å². The summed E-state index contributed by atoms with van der Waals surface area (Å²) in [7, 11) is 1.58. The van der Waals surface area contributed by atoms with E-state index in [1.54, 1.807) is 7.11 Å². The maximum Gasteiger partial charge on any atom is 0.262 e. The predicted octanol–water partition coefficient (Wildman–Crippen LogP) is 0.501. The number of methoxy groups -OCH3 is 1. The number of hydrogen-bond acceptors (Lipinski definition) is 6. The summed E-state index contributed by atoms with van der Waals surface area (Å²) in [5.74, 6) is -0.643. The number of hydrogen-bond donors (Lipinski definition) is 2. The molecule has 1 atom stereocenters. The Hall–Kier alpha value is -2.26. The SMILES string of the molecule is COC[C@H](C)NC(=S)N/N=C\c1ccc([O-])c([N+](=O)[O-])c1. The number of hydrazone groups is 1. The molecular formula is C12H15N4O4S-. The summed E-state index contributed by atoms with van der Waals surface area (Å²) in [5, 5.41) is 28.9. The van der Waals surface area contributed by atoms with E-state index in [1.165, 1.54) is 12.3 Å². The van der Waals surface area contributed by atoms with Gasteiger partial charge in [0.2, 0.25) is 0 Å². The zero-order chi connectivity index (χ0) is 15.8. The van der Waals surface area contributed by atoms with Crippen molar-refractivity contribution in [3.63, 3.8) is 0 Å². The highest BCUT2D eigenvalue weighted by molar-refractivity contribution is 7.80. The van der Waals surface area contributed by atoms with E-state index in [1.807, 2.05) is 6.92 Å². The molecule has 0 heterocycles. The van der Waals surface area contributed by atoms with Gasteiger partial charge in [-0.1, -0.05) is 12.1 Å². The molecule has 0 aliphatic rings. The first-order chi connectivity index (χ1) is 9.93. The van der Waals surface area contributed by atoms with Crippen LogP contribution in [-0.2, 0) is 4.74 Å². The molecule has 0 bridgehead atoms. The van der Waals surface area contributed by atoms with Gasteiger partial charge in [0.05, 0.1) is 17.7 Å². The lowest BCUT2D eigenvalue weighted by Crippen LogP contribution is -2.40. The second-order valence-electron chi connectivity index (χ2n) is 4.18. The highest BCUT2D eigenvalue weighted by Gasteiger charge is 2.07. The van der Waals surface area contributed by atoms with E-state index in [-0.39, 0.29) is 6.04 Å². The van der Waals surface area contributed by atoms with E-state index in [9.17, 15) is 15.2 Å². The Morgan fingerprint density at radius 2 is 2.33 bits per heavy atom. The third kappa shape index (κ3) is 5.71. The Morgan fingerprint density at radius 3 is 2.95 bits per heavy atom. The molecule has 114 valence electrons. The van der Waals surface area contributed by atoms with Crippen LogP contribution in [0.3, 0.4) is 0 Å². The lowest BCUT2D eigenvalue weighted by Gasteiger charge is -2.13. The van der Waals surface area contributed by atoms with Crippen LogP contribution in [0.5, 0.6) is 5.75 Å². The highest BCUT2D eigenvalue weighted by Crippen LogP contribution is 2.22. The van der Waals surface area contributed by atoms with Gasteiger partial charge in [-0.05, 0) is 24.9 Å². The lowest BCUT2D eigenvalue weighted by atomic mass is 10.2. The molecule has 1 aromatic rings. The molecule has 1 rings (SSSR count). The van der Waals surface area contributed by atoms with Crippen LogP contribution in [0.15, 0.2) is 23.3 Å². The standard InChI is InChI=1S/C12H16N4O4S/c1-8(7-20-2)14-12(21)15-13-6-9-3-4-11(17)10(5-9)16(18)19/h3-6,8,17H,7H2,1-2H3,(H2,14,15,21)/p-1/b13-6-/t8-/m0/s1. The minimum absolute atomic E-state index is 0.0195. The van der Waals surface area contributed by atoms with Gasteiger partial charge >= 0.3 is 0 Å². The molecule has 21 heavy (non-hydrogen) atoms. The van der Waals surface area contributed by atoms with Gasteiger partial charge < -0.3 is 15.2 Å². The maximum absolute atomic E-state index is 11.2. The van der Waals surface area contributed by atoms with Gasteiger partial charge in [-0.2, -0.15) is 5.10 Å². The van der Waals surface area contributed by atoms with Crippen molar-refractivity contribution in [1.29, 1.82) is 0 Å².